The number of thioether (sulfide) groups is 1. The average molecular weight is 352 g/mol. The van der Waals surface area contributed by atoms with Gasteiger partial charge in [0.15, 0.2) is 0 Å². The molecular formula is C15H18BrN3S. The summed E-state index contributed by atoms with van der Waals surface area (Å²) in [5.41, 5.74) is 2.09. The van der Waals surface area contributed by atoms with Crippen LogP contribution in [0.25, 0.3) is 0 Å². The fourth-order valence-corrected chi connectivity index (χ4v) is 2.80. The van der Waals surface area contributed by atoms with Gasteiger partial charge in [-0.3, -0.25) is 0 Å². The van der Waals surface area contributed by atoms with E-state index >= 15 is 0 Å². The Balaban J connectivity index is 2.01. The molecule has 1 aromatic carbocycles. The van der Waals surface area contributed by atoms with Crippen LogP contribution >= 0.6 is 27.7 Å². The van der Waals surface area contributed by atoms with Crippen LogP contribution in [0.4, 0.5) is 0 Å². The first-order valence-corrected chi connectivity index (χ1v) is 8.37. The van der Waals surface area contributed by atoms with Crippen molar-refractivity contribution in [3.05, 3.63) is 52.0 Å². The summed E-state index contributed by atoms with van der Waals surface area (Å²) in [6, 6.07) is 10.3. The van der Waals surface area contributed by atoms with E-state index in [0.29, 0.717) is 0 Å². The molecule has 2 rings (SSSR count). The van der Waals surface area contributed by atoms with Gasteiger partial charge in [-0.25, -0.2) is 9.97 Å². The molecule has 0 radical (unpaired) electrons. The molecule has 1 heterocycles. The second kappa shape index (κ2) is 7.76. The number of nitrogens with zero attached hydrogens (tertiary/aromatic N) is 2. The van der Waals surface area contributed by atoms with Crippen LogP contribution in [0.1, 0.15) is 24.1 Å². The molecule has 0 bridgehead atoms. The lowest BCUT2D eigenvalue weighted by molar-refractivity contribution is 0.702. The third kappa shape index (κ3) is 4.89. The molecule has 0 aliphatic carbocycles. The zero-order valence-corrected chi connectivity index (χ0v) is 14.1. The van der Waals surface area contributed by atoms with Gasteiger partial charge in [0.05, 0.1) is 11.4 Å². The van der Waals surface area contributed by atoms with Crippen molar-refractivity contribution >= 4 is 27.7 Å². The molecule has 1 N–H and O–H groups in total. The second-order valence-electron chi connectivity index (χ2n) is 4.44. The minimum absolute atomic E-state index is 0.794. The Labute approximate surface area is 132 Å². The van der Waals surface area contributed by atoms with E-state index in [0.717, 1.165) is 40.5 Å². The maximum Gasteiger partial charge on any atom is 0.139 e. The van der Waals surface area contributed by atoms with Gasteiger partial charge in [-0.1, -0.05) is 22.9 Å². The molecule has 2 aromatic rings. The van der Waals surface area contributed by atoms with Gasteiger partial charge in [0.2, 0.25) is 0 Å². The predicted octanol–water partition coefficient (Wildman–Crippen LogP) is 3.95. The summed E-state index contributed by atoms with van der Waals surface area (Å²) in [5.74, 6) is 1.69. The fourth-order valence-electron chi connectivity index (χ4n) is 1.79. The van der Waals surface area contributed by atoms with E-state index in [9.17, 15) is 0 Å². The van der Waals surface area contributed by atoms with Crippen molar-refractivity contribution < 1.29 is 0 Å². The Bertz CT molecular complexity index is 558. The number of hydrogen-bond acceptors (Lipinski definition) is 4. The standard InChI is InChI=1S/C15H18BrN3S/c1-3-17-9-13-8-11(2)18-15(19-13)10-20-14-6-4-12(16)5-7-14/h4-8,17H,3,9-10H2,1-2H3. The van der Waals surface area contributed by atoms with Crippen LogP contribution < -0.4 is 5.32 Å². The number of benzene rings is 1. The van der Waals surface area contributed by atoms with Gasteiger partial charge in [0, 0.05) is 21.6 Å². The van der Waals surface area contributed by atoms with Crippen molar-refractivity contribution in [2.24, 2.45) is 0 Å². The van der Waals surface area contributed by atoms with E-state index < -0.39 is 0 Å². The largest absolute Gasteiger partial charge is 0.311 e. The highest BCUT2D eigenvalue weighted by Crippen LogP contribution is 2.23. The first-order chi connectivity index (χ1) is 9.67. The summed E-state index contributed by atoms with van der Waals surface area (Å²) in [7, 11) is 0. The average Bonchev–Trinajstić information content (AvgIpc) is 2.44. The fraction of sp³-hybridized carbons (Fsp3) is 0.333. The summed E-state index contributed by atoms with van der Waals surface area (Å²) >= 11 is 5.20. The van der Waals surface area contributed by atoms with Crippen molar-refractivity contribution in [3.8, 4) is 0 Å². The Kier molecular flexibility index (Phi) is 6.01. The number of hydrogen-bond donors (Lipinski definition) is 1. The van der Waals surface area contributed by atoms with Crippen molar-refractivity contribution in [2.45, 2.75) is 31.0 Å². The van der Waals surface area contributed by atoms with E-state index in [1.165, 1.54) is 4.90 Å². The molecule has 5 heteroatoms. The first-order valence-electron chi connectivity index (χ1n) is 6.60. The molecule has 0 unspecified atom stereocenters. The lowest BCUT2D eigenvalue weighted by atomic mass is 10.3. The lowest BCUT2D eigenvalue weighted by Gasteiger charge is -2.06. The second-order valence-corrected chi connectivity index (χ2v) is 6.40. The van der Waals surface area contributed by atoms with E-state index in [2.05, 4.69) is 62.4 Å². The van der Waals surface area contributed by atoms with Crippen LogP contribution in [0.2, 0.25) is 0 Å². The SMILES string of the molecule is CCNCc1cc(C)nc(CSc2ccc(Br)cc2)n1. The highest BCUT2D eigenvalue weighted by molar-refractivity contribution is 9.10. The van der Waals surface area contributed by atoms with Crippen molar-refractivity contribution in [1.29, 1.82) is 0 Å². The van der Waals surface area contributed by atoms with Gasteiger partial charge in [-0.15, -0.1) is 11.8 Å². The molecule has 0 saturated carbocycles. The number of aromatic nitrogens is 2. The third-order valence-electron chi connectivity index (χ3n) is 2.69. The molecule has 106 valence electrons. The minimum atomic E-state index is 0.794. The van der Waals surface area contributed by atoms with Crippen LogP contribution in [0.3, 0.4) is 0 Å². The minimum Gasteiger partial charge on any atom is -0.311 e. The Hall–Kier alpha value is -0.910. The quantitative estimate of drug-likeness (QED) is 0.799. The Morgan fingerprint density at radius 1 is 1.20 bits per heavy atom. The van der Waals surface area contributed by atoms with Gasteiger partial charge in [-0.05, 0) is 43.8 Å². The predicted molar refractivity (Wildman–Crippen MR) is 87.9 cm³/mol. The monoisotopic (exact) mass is 351 g/mol. The summed E-state index contributed by atoms with van der Waals surface area (Å²) < 4.78 is 1.10. The first kappa shape index (κ1) is 15.5. The van der Waals surface area contributed by atoms with Crippen LogP contribution in [0.5, 0.6) is 0 Å². The molecular weight excluding hydrogens is 334 g/mol. The van der Waals surface area contributed by atoms with E-state index in [1.807, 2.05) is 13.0 Å². The number of aryl methyl sites for hydroxylation is 1. The molecule has 0 spiro atoms. The highest BCUT2D eigenvalue weighted by atomic mass is 79.9. The van der Waals surface area contributed by atoms with Crippen LogP contribution in [0.15, 0.2) is 39.7 Å². The van der Waals surface area contributed by atoms with E-state index in [1.54, 1.807) is 11.8 Å². The van der Waals surface area contributed by atoms with Crippen LogP contribution in [-0.2, 0) is 12.3 Å². The normalized spacial score (nSPS) is 10.8. The zero-order chi connectivity index (χ0) is 14.4. The smallest absolute Gasteiger partial charge is 0.139 e. The molecule has 20 heavy (non-hydrogen) atoms. The molecule has 1 aromatic heterocycles. The molecule has 0 atom stereocenters. The van der Waals surface area contributed by atoms with Gasteiger partial charge < -0.3 is 5.32 Å². The topological polar surface area (TPSA) is 37.8 Å². The van der Waals surface area contributed by atoms with Crippen molar-refractivity contribution in [1.82, 2.24) is 15.3 Å². The molecule has 0 aliphatic rings. The zero-order valence-electron chi connectivity index (χ0n) is 11.7. The maximum absolute atomic E-state index is 4.60. The molecule has 0 amide bonds. The van der Waals surface area contributed by atoms with Crippen LogP contribution in [0, 0.1) is 6.92 Å². The molecule has 0 aliphatic heterocycles. The van der Waals surface area contributed by atoms with Gasteiger partial charge in [0.25, 0.3) is 0 Å². The number of rotatable bonds is 6. The summed E-state index contributed by atoms with van der Waals surface area (Å²) in [6.45, 7) is 5.87. The van der Waals surface area contributed by atoms with Crippen molar-refractivity contribution in [2.75, 3.05) is 6.54 Å². The van der Waals surface area contributed by atoms with Gasteiger partial charge >= 0.3 is 0 Å². The van der Waals surface area contributed by atoms with Crippen LogP contribution in [-0.4, -0.2) is 16.5 Å². The molecule has 0 fully saturated rings. The Morgan fingerprint density at radius 3 is 2.65 bits per heavy atom. The lowest BCUT2D eigenvalue weighted by Crippen LogP contribution is -2.14. The molecule has 0 saturated heterocycles. The number of halogens is 1. The van der Waals surface area contributed by atoms with Gasteiger partial charge in [0.1, 0.15) is 5.82 Å². The van der Waals surface area contributed by atoms with Gasteiger partial charge in [-0.2, -0.15) is 0 Å². The summed E-state index contributed by atoms with van der Waals surface area (Å²) in [4.78, 5) is 10.3. The maximum atomic E-state index is 4.60. The third-order valence-corrected chi connectivity index (χ3v) is 4.23. The number of nitrogens with one attached hydrogen (secondary N) is 1. The highest BCUT2D eigenvalue weighted by Gasteiger charge is 2.03. The van der Waals surface area contributed by atoms with E-state index in [-0.39, 0.29) is 0 Å². The van der Waals surface area contributed by atoms with Crippen molar-refractivity contribution in [3.63, 3.8) is 0 Å². The molecule has 3 nitrogen and oxygen atoms in total. The Morgan fingerprint density at radius 2 is 1.95 bits per heavy atom. The van der Waals surface area contributed by atoms with E-state index in [4.69, 9.17) is 0 Å². The summed E-state index contributed by atoms with van der Waals surface area (Å²) in [5, 5.41) is 3.30. The summed E-state index contributed by atoms with van der Waals surface area (Å²) in [6.07, 6.45) is 0.